The molecule has 1 aromatic heterocycles. The van der Waals surface area contributed by atoms with E-state index in [-0.39, 0.29) is 12.4 Å². The van der Waals surface area contributed by atoms with Gasteiger partial charge in [-0.05, 0) is 53.4 Å². The van der Waals surface area contributed by atoms with Crippen molar-refractivity contribution in [2.24, 2.45) is 0 Å². The maximum atomic E-state index is 14.3. The third kappa shape index (κ3) is 6.01. The average molecular weight is 577 g/mol. The molecule has 1 aliphatic heterocycles. The average Bonchev–Trinajstić information content (AvgIpc) is 3.68. The van der Waals surface area contributed by atoms with Crippen molar-refractivity contribution in [2.45, 2.75) is 32.4 Å². The predicted molar refractivity (Wildman–Crippen MR) is 169 cm³/mol. The summed E-state index contributed by atoms with van der Waals surface area (Å²) >= 11 is 1.60. The van der Waals surface area contributed by atoms with Crippen LogP contribution in [0.15, 0.2) is 91.0 Å². The number of hydrogen-bond donors (Lipinski definition) is 1. The molecule has 6 rings (SSSR count). The highest BCUT2D eigenvalue weighted by Crippen LogP contribution is 2.42. The molecule has 0 spiro atoms. The Bertz CT molecular complexity index is 1740. The zero-order valence-electron chi connectivity index (χ0n) is 23.7. The number of hydrogen-bond acceptors (Lipinski definition) is 5. The number of aliphatic hydroxyl groups is 1. The molecule has 0 aliphatic carbocycles. The topological polar surface area (TPSA) is 58.8 Å². The van der Waals surface area contributed by atoms with Gasteiger partial charge in [-0.3, -0.25) is 4.79 Å². The minimum Gasteiger partial charge on any atom is -0.496 e. The van der Waals surface area contributed by atoms with E-state index < -0.39 is 0 Å². The standard InChI is InChI=1S/C36H34NO4S/c1-40-32-21-28(13-14-29(32)23-37-18-5-6-19-37)35(39)34-31-16-15-30(41-24-26-7-3-2-4-8-26)22-33(31)42-36(34)27-11-9-25(10-12-27)17-20-38/h2-4,7-16,18,21-22,38H,5-6,17,19-20,23-24H2,1H3/q+1. The summed E-state index contributed by atoms with van der Waals surface area (Å²) in [4.78, 5) is 15.2. The van der Waals surface area contributed by atoms with Gasteiger partial charge in [-0.25, -0.2) is 4.58 Å². The maximum absolute atomic E-state index is 14.3. The van der Waals surface area contributed by atoms with Gasteiger partial charge in [-0.1, -0.05) is 60.7 Å². The summed E-state index contributed by atoms with van der Waals surface area (Å²) in [6, 6.07) is 30.0. The van der Waals surface area contributed by atoms with Crippen molar-refractivity contribution in [2.75, 3.05) is 20.3 Å². The van der Waals surface area contributed by atoms with E-state index in [1.54, 1.807) is 18.4 Å². The minimum atomic E-state index is -0.0359. The monoisotopic (exact) mass is 576 g/mol. The molecule has 212 valence electrons. The van der Waals surface area contributed by atoms with E-state index in [0.717, 1.165) is 68.2 Å². The molecule has 42 heavy (non-hydrogen) atoms. The van der Waals surface area contributed by atoms with E-state index in [4.69, 9.17) is 9.47 Å². The zero-order chi connectivity index (χ0) is 28.9. The number of thiophene rings is 1. The summed E-state index contributed by atoms with van der Waals surface area (Å²) < 4.78 is 15.2. The van der Waals surface area contributed by atoms with Crippen LogP contribution in [-0.2, 0) is 19.6 Å². The number of nitrogens with zero attached hydrogens (tertiary/aromatic N) is 1. The van der Waals surface area contributed by atoms with Crippen LogP contribution >= 0.6 is 11.3 Å². The maximum Gasteiger partial charge on any atom is 0.195 e. The first-order valence-electron chi connectivity index (χ1n) is 14.4. The van der Waals surface area contributed by atoms with Gasteiger partial charge in [0.15, 0.2) is 12.3 Å². The van der Waals surface area contributed by atoms with Crippen LogP contribution in [0.3, 0.4) is 0 Å². The number of ketones is 1. The molecule has 0 amide bonds. The van der Waals surface area contributed by atoms with Crippen molar-refractivity contribution >= 4 is 33.4 Å². The molecule has 1 aliphatic rings. The second-order valence-corrected chi connectivity index (χ2v) is 11.6. The molecular formula is C36H34NO4S+. The molecule has 5 aromatic rings. The van der Waals surface area contributed by atoms with E-state index in [1.165, 1.54) is 6.42 Å². The van der Waals surface area contributed by atoms with Crippen LogP contribution in [-0.4, -0.2) is 41.9 Å². The van der Waals surface area contributed by atoms with Gasteiger partial charge in [0.1, 0.15) is 30.9 Å². The summed E-state index contributed by atoms with van der Waals surface area (Å²) in [6.07, 6.45) is 5.12. The van der Waals surface area contributed by atoms with Crippen molar-refractivity contribution in [1.82, 2.24) is 0 Å². The Hall–Kier alpha value is -4.26. The second kappa shape index (κ2) is 12.7. The first kappa shape index (κ1) is 27.9. The summed E-state index contributed by atoms with van der Waals surface area (Å²) in [5, 5.41) is 10.3. The Balaban J connectivity index is 1.38. The fourth-order valence-electron chi connectivity index (χ4n) is 5.47. The lowest BCUT2D eigenvalue weighted by atomic mass is 9.96. The van der Waals surface area contributed by atoms with E-state index >= 15 is 0 Å². The van der Waals surface area contributed by atoms with Crippen LogP contribution < -0.4 is 9.47 Å². The van der Waals surface area contributed by atoms with Gasteiger partial charge >= 0.3 is 0 Å². The Morgan fingerprint density at radius 3 is 2.52 bits per heavy atom. The normalized spacial score (nSPS) is 12.9. The lowest BCUT2D eigenvalue weighted by Gasteiger charge is -2.11. The third-order valence-corrected chi connectivity index (χ3v) is 8.91. The lowest BCUT2D eigenvalue weighted by molar-refractivity contribution is -0.532. The second-order valence-electron chi connectivity index (χ2n) is 10.6. The number of ether oxygens (including phenoxy) is 2. The molecule has 0 unspecified atom stereocenters. The molecule has 0 saturated heterocycles. The van der Waals surface area contributed by atoms with Crippen molar-refractivity contribution in [1.29, 1.82) is 0 Å². The highest BCUT2D eigenvalue weighted by Gasteiger charge is 2.24. The van der Waals surface area contributed by atoms with Crippen LogP contribution in [0.5, 0.6) is 11.5 Å². The first-order chi connectivity index (χ1) is 20.6. The van der Waals surface area contributed by atoms with Gasteiger partial charge in [0.2, 0.25) is 0 Å². The Morgan fingerprint density at radius 1 is 0.952 bits per heavy atom. The van der Waals surface area contributed by atoms with Crippen molar-refractivity contribution < 1.29 is 24.0 Å². The van der Waals surface area contributed by atoms with Crippen molar-refractivity contribution in [3.8, 4) is 21.9 Å². The van der Waals surface area contributed by atoms with Gasteiger partial charge < -0.3 is 14.6 Å². The van der Waals surface area contributed by atoms with Gasteiger partial charge in [0.05, 0.1) is 12.7 Å². The molecular weight excluding hydrogens is 542 g/mol. The van der Waals surface area contributed by atoms with E-state index in [0.29, 0.717) is 24.2 Å². The Labute approximate surface area is 250 Å². The van der Waals surface area contributed by atoms with Gasteiger partial charge in [-0.2, -0.15) is 0 Å². The first-order valence-corrected chi connectivity index (χ1v) is 15.2. The number of methoxy groups -OCH3 is 1. The number of carbonyl (C=O) groups excluding carboxylic acids is 1. The molecule has 2 heterocycles. The van der Waals surface area contributed by atoms with Gasteiger partial charge in [0, 0.05) is 45.5 Å². The molecule has 0 atom stereocenters. The van der Waals surface area contributed by atoms with Crippen LogP contribution in [0.2, 0.25) is 0 Å². The minimum absolute atomic E-state index is 0.0359. The van der Waals surface area contributed by atoms with Crippen LogP contribution in [0.25, 0.3) is 20.5 Å². The fraction of sp³-hybridized carbons (Fsp3) is 0.222. The largest absolute Gasteiger partial charge is 0.496 e. The third-order valence-electron chi connectivity index (χ3n) is 7.71. The molecule has 0 bridgehead atoms. The Morgan fingerprint density at radius 2 is 1.79 bits per heavy atom. The zero-order valence-corrected chi connectivity index (χ0v) is 24.5. The van der Waals surface area contributed by atoms with Crippen LogP contribution in [0.1, 0.15) is 45.5 Å². The number of carbonyl (C=O) groups is 1. The summed E-state index contributed by atoms with van der Waals surface area (Å²) in [6.45, 7) is 2.40. The van der Waals surface area contributed by atoms with Gasteiger partial charge in [-0.15, -0.1) is 11.3 Å². The van der Waals surface area contributed by atoms with E-state index in [2.05, 4.69) is 10.8 Å². The van der Waals surface area contributed by atoms with Crippen molar-refractivity contribution in [3.05, 3.63) is 119 Å². The molecule has 4 aromatic carbocycles. The van der Waals surface area contributed by atoms with E-state index in [9.17, 15) is 9.90 Å². The smallest absolute Gasteiger partial charge is 0.195 e. The molecule has 6 heteroatoms. The quantitative estimate of drug-likeness (QED) is 0.132. The van der Waals surface area contributed by atoms with Crippen LogP contribution in [0.4, 0.5) is 0 Å². The highest BCUT2D eigenvalue weighted by atomic mass is 32.1. The van der Waals surface area contributed by atoms with E-state index in [1.807, 2.05) is 91.0 Å². The summed E-state index contributed by atoms with van der Waals surface area (Å²) in [7, 11) is 1.66. The Kier molecular flexibility index (Phi) is 8.45. The lowest BCUT2D eigenvalue weighted by Crippen LogP contribution is -2.10. The van der Waals surface area contributed by atoms with Crippen LogP contribution in [0, 0.1) is 0 Å². The number of aliphatic hydroxyl groups excluding tert-OH is 1. The highest BCUT2D eigenvalue weighted by molar-refractivity contribution is 7.22. The summed E-state index contributed by atoms with van der Waals surface area (Å²) in [5.41, 5.74) is 5.49. The molecule has 0 saturated carbocycles. The predicted octanol–water partition coefficient (Wildman–Crippen LogP) is 7.30. The molecule has 0 fully saturated rings. The SMILES string of the molecule is COc1cc(C(=O)c2c(-c3ccc(CCO)cc3)sc3cc(OCc4ccccc4)ccc23)ccc1C[N+]1=CCCC1. The molecule has 1 N–H and O–H groups in total. The van der Waals surface area contributed by atoms with Gasteiger partial charge in [0.25, 0.3) is 0 Å². The number of fused-ring (bicyclic) bond motifs is 1. The van der Waals surface area contributed by atoms with Crippen molar-refractivity contribution in [3.63, 3.8) is 0 Å². The number of benzene rings is 4. The molecule has 0 radical (unpaired) electrons. The summed E-state index contributed by atoms with van der Waals surface area (Å²) in [5.74, 6) is 1.46. The number of rotatable bonds is 11. The fourth-order valence-corrected chi connectivity index (χ4v) is 6.70. The molecule has 5 nitrogen and oxygen atoms in total.